The summed E-state index contributed by atoms with van der Waals surface area (Å²) in [4.78, 5) is 4.57. The number of benzene rings is 2. The molecule has 2 N–H and O–H groups in total. The van der Waals surface area contributed by atoms with Crippen molar-refractivity contribution in [2.24, 2.45) is 7.05 Å². The Morgan fingerprint density at radius 1 is 1.06 bits per heavy atom. The molecule has 0 saturated carbocycles. The van der Waals surface area contributed by atoms with Crippen LogP contribution >= 0.6 is 0 Å². The minimum Gasteiger partial charge on any atom is -0.383 e. The lowest BCUT2D eigenvalue weighted by atomic mass is 10.0. The molecule has 0 aliphatic carbocycles. The number of nitrogen functional groups attached to an aromatic ring is 1. The summed E-state index contributed by atoms with van der Waals surface area (Å²) in [6.07, 6.45) is 0. The fourth-order valence-corrected chi connectivity index (χ4v) is 2.26. The average Bonchev–Trinajstić information content (AvgIpc) is 2.66. The molecule has 2 aromatic carbocycles. The molecule has 0 amide bonds. The number of aryl methyl sites for hydroxylation is 1. The van der Waals surface area contributed by atoms with Gasteiger partial charge in [-0.05, 0) is 17.7 Å². The van der Waals surface area contributed by atoms with E-state index in [1.54, 1.807) is 0 Å². The van der Waals surface area contributed by atoms with E-state index in [1.807, 2.05) is 36.7 Å². The summed E-state index contributed by atoms with van der Waals surface area (Å²) < 4.78 is 1.91. The van der Waals surface area contributed by atoms with E-state index in [0.29, 0.717) is 5.82 Å². The van der Waals surface area contributed by atoms with Crippen molar-refractivity contribution in [3.63, 3.8) is 0 Å². The number of hydrogen-bond acceptors (Lipinski definition) is 2. The molecule has 18 heavy (non-hydrogen) atoms. The minimum absolute atomic E-state index is 0.712. The van der Waals surface area contributed by atoms with E-state index in [-0.39, 0.29) is 0 Å². The monoisotopic (exact) mass is 237 g/mol. The van der Waals surface area contributed by atoms with E-state index in [1.165, 1.54) is 10.8 Å². The fraction of sp³-hybridized carbons (Fsp3) is 0.133. The summed E-state index contributed by atoms with van der Waals surface area (Å²) in [5, 5.41) is 2.39. The Kier molecular flexibility index (Phi) is 2.33. The number of imidazole rings is 1. The second-order valence-corrected chi connectivity index (χ2v) is 4.48. The number of fused-ring (bicyclic) bond motifs is 1. The first-order valence-corrected chi connectivity index (χ1v) is 5.95. The molecule has 3 aromatic rings. The van der Waals surface area contributed by atoms with Crippen LogP contribution in [0, 0.1) is 6.92 Å². The van der Waals surface area contributed by atoms with Gasteiger partial charge in [-0.1, -0.05) is 42.5 Å². The van der Waals surface area contributed by atoms with Crippen LogP contribution in [-0.2, 0) is 7.05 Å². The fourth-order valence-electron chi connectivity index (χ4n) is 2.26. The summed E-state index contributed by atoms with van der Waals surface area (Å²) >= 11 is 0. The first-order valence-electron chi connectivity index (χ1n) is 5.95. The molecule has 0 aliphatic rings. The minimum atomic E-state index is 0.712. The predicted octanol–water partition coefficient (Wildman–Crippen LogP) is 3.13. The second kappa shape index (κ2) is 3.88. The van der Waals surface area contributed by atoms with Crippen LogP contribution in [0.3, 0.4) is 0 Å². The summed E-state index contributed by atoms with van der Waals surface area (Å²) in [5.74, 6) is 1.64. The van der Waals surface area contributed by atoms with Crippen LogP contribution in [0.25, 0.3) is 22.0 Å². The van der Waals surface area contributed by atoms with E-state index < -0.39 is 0 Å². The molecular formula is C15H15N3. The molecule has 1 heterocycles. The van der Waals surface area contributed by atoms with Crippen LogP contribution < -0.4 is 5.73 Å². The highest BCUT2D eigenvalue weighted by molar-refractivity contribution is 5.97. The summed E-state index contributed by atoms with van der Waals surface area (Å²) in [5.41, 5.74) is 8.09. The molecule has 0 bridgehead atoms. The molecule has 0 saturated heterocycles. The molecular weight excluding hydrogens is 222 g/mol. The number of nitrogens with zero attached hydrogens (tertiary/aromatic N) is 2. The normalized spacial score (nSPS) is 11.0. The molecule has 3 heteroatoms. The lowest BCUT2D eigenvalue weighted by Crippen LogP contribution is -1.98. The highest BCUT2D eigenvalue weighted by Crippen LogP contribution is 2.31. The van der Waals surface area contributed by atoms with Gasteiger partial charge in [0.15, 0.2) is 0 Å². The van der Waals surface area contributed by atoms with Crippen molar-refractivity contribution >= 4 is 16.6 Å². The van der Waals surface area contributed by atoms with Crippen LogP contribution in [0.2, 0.25) is 0 Å². The Bertz CT molecular complexity index is 720. The molecule has 1 aromatic heterocycles. The van der Waals surface area contributed by atoms with Gasteiger partial charge >= 0.3 is 0 Å². The van der Waals surface area contributed by atoms with Gasteiger partial charge in [-0.2, -0.15) is 0 Å². The number of rotatable bonds is 1. The van der Waals surface area contributed by atoms with Gasteiger partial charge in [0, 0.05) is 12.6 Å². The van der Waals surface area contributed by atoms with Gasteiger partial charge in [0.05, 0.1) is 0 Å². The smallest absolute Gasteiger partial charge is 0.131 e. The molecule has 90 valence electrons. The molecule has 0 radical (unpaired) electrons. The zero-order chi connectivity index (χ0) is 12.7. The lowest BCUT2D eigenvalue weighted by Gasteiger charge is -2.05. The van der Waals surface area contributed by atoms with E-state index in [4.69, 9.17) is 5.73 Å². The lowest BCUT2D eigenvalue weighted by molar-refractivity contribution is 0.868. The molecule has 3 nitrogen and oxygen atoms in total. The summed E-state index contributed by atoms with van der Waals surface area (Å²) in [6.45, 7) is 1.96. The van der Waals surface area contributed by atoms with Crippen molar-refractivity contribution in [1.82, 2.24) is 9.55 Å². The van der Waals surface area contributed by atoms with Crippen LogP contribution in [0.1, 0.15) is 5.82 Å². The molecule has 0 fully saturated rings. The highest BCUT2D eigenvalue weighted by Gasteiger charge is 2.13. The Hall–Kier alpha value is -2.29. The van der Waals surface area contributed by atoms with E-state index in [0.717, 1.165) is 17.1 Å². The van der Waals surface area contributed by atoms with Crippen LogP contribution in [0.15, 0.2) is 42.5 Å². The predicted molar refractivity (Wildman–Crippen MR) is 75.3 cm³/mol. The van der Waals surface area contributed by atoms with Gasteiger partial charge in [-0.3, -0.25) is 0 Å². The van der Waals surface area contributed by atoms with Crippen molar-refractivity contribution in [2.45, 2.75) is 6.92 Å². The standard InChI is InChI=1S/C15H15N3/c1-10-17-14(15(16)18(10)2)13-9-5-7-11-6-3-4-8-12(11)13/h3-9H,16H2,1-2H3. The van der Waals surface area contributed by atoms with Crippen molar-refractivity contribution in [1.29, 1.82) is 0 Å². The van der Waals surface area contributed by atoms with E-state index in [2.05, 4.69) is 29.2 Å². The van der Waals surface area contributed by atoms with Crippen LogP contribution in [0.4, 0.5) is 5.82 Å². The van der Waals surface area contributed by atoms with Gasteiger partial charge in [-0.15, -0.1) is 0 Å². The number of hydrogen-bond donors (Lipinski definition) is 1. The molecule has 0 atom stereocenters. The SMILES string of the molecule is Cc1nc(-c2cccc3ccccc23)c(N)n1C. The van der Waals surface area contributed by atoms with Crippen molar-refractivity contribution in [3.05, 3.63) is 48.3 Å². The Labute approximate surface area is 106 Å². The van der Waals surface area contributed by atoms with E-state index >= 15 is 0 Å². The number of anilines is 1. The van der Waals surface area contributed by atoms with Crippen molar-refractivity contribution in [3.8, 4) is 11.3 Å². The van der Waals surface area contributed by atoms with E-state index in [9.17, 15) is 0 Å². The second-order valence-electron chi connectivity index (χ2n) is 4.48. The summed E-state index contributed by atoms with van der Waals surface area (Å²) in [7, 11) is 1.94. The number of aromatic nitrogens is 2. The van der Waals surface area contributed by atoms with Crippen molar-refractivity contribution in [2.75, 3.05) is 5.73 Å². The Balaban J connectivity index is 2.35. The maximum atomic E-state index is 6.13. The number of nitrogens with two attached hydrogens (primary N) is 1. The van der Waals surface area contributed by atoms with Gasteiger partial charge in [0.1, 0.15) is 17.3 Å². The quantitative estimate of drug-likeness (QED) is 0.706. The Morgan fingerprint density at radius 3 is 2.50 bits per heavy atom. The first-order chi connectivity index (χ1) is 8.68. The van der Waals surface area contributed by atoms with Gasteiger partial charge in [-0.25, -0.2) is 4.98 Å². The molecule has 0 spiro atoms. The Morgan fingerprint density at radius 2 is 1.78 bits per heavy atom. The molecule has 0 unspecified atom stereocenters. The van der Waals surface area contributed by atoms with Gasteiger partial charge in [0.25, 0.3) is 0 Å². The zero-order valence-corrected chi connectivity index (χ0v) is 10.5. The largest absolute Gasteiger partial charge is 0.383 e. The van der Waals surface area contributed by atoms with Gasteiger partial charge in [0.2, 0.25) is 0 Å². The maximum absolute atomic E-state index is 6.13. The van der Waals surface area contributed by atoms with Gasteiger partial charge < -0.3 is 10.3 Å². The molecule has 3 rings (SSSR count). The maximum Gasteiger partial charge on any atom is 0.131 e. The van der Waals surface area contributed by atoms with Crippen LogP contribution in [-0.4, -0.2) is 9.55 Å². The average molecular weight is 237 g/mol. The summed E-state index contributed by atoms with van der Waals surface area (Å²) in [6, 6.07) is 14.5. The topological polar surface area (TPSA) is 43.8 Å². The van der Waals surface area contributed by atoms with Crippen molar-refractivity contribution < 1.29 is 0 Å². The third-order valence-corrected chi connectivity index (χ3v) is 3.41. The first kappa shape index (κ1) is 10.8. The highest BCUT2D eigenvalue weighted by atomic mass is 15.1. The molecule has 0 aliphatic heterocycles. The third-order valence-electron chi connectivity index (χ3n) is 3.41. The zero-order valence-electron chi connectivity index (χ0n) is 10.5. The third kappa shape index (κ3) is 1.48. The van der Waals surface area contributed by atoms with Crippen LogP contribution in [0.5, 0.6) is 0 Å².